The number of aromatic nitrogens is 1. The minimum Gasteiger partial charge on any atom is -0.297 e. The Kier molecular flexibility index (Phi) is 4.80. The number of hydrogen-bond acceptors (Lipinski definition) is 4. The summed E-state index contributed by atoms with van der Waals surface area (Å²) in [6.45, 7) is 1.65. The fourth-order valence-corrected chi connectivity index (χ4v) is 1.74. The van der Waals surface area contributed by atoms with E-state index in [0.29, 0.717) is 6.42 Å². The first-order valence-electron chi connectivity index (χ1n) is 4.62. The summed E-state index contributed by atoms with van der Waals surface area (Å²) >= 11 is 2.10. The normalized spacial score (nSPS) is 12.1. The maximum atomic E-state index is 11.5. The third-order valence-electron chi connectivity index (χ3n) is 2.17. The maximum Gasteiger partial charge on any atom is 0.165 e. The van der Waals surface area contributed by atoms with Gasteiger partial charge in [0.25, 0.3) is 0 Å². The van der Waals surface area contributed by atoms with Crippen molar-refractivity contribution in [1.82, 2.24) is 4.98 Å². The third kappa shape index (κ3) is 3.33. The number of ketones is 1. The van der Waals surface area contributed by atoms with Crippen LogP contribution in [0.25, 0.3) is 0 Å². The Morgan fingerprint density at radius 1 is 1.60 bits per heavy atom. The fourth-order valence-electron chi connectivity index (χ4n) is 1.42. The highest BCUT2D eigenvalue weighted by molar-refractivity contribution is 14.1. The lowest BCUT2D eigenvalue weighted by atomic mass is 9.94. The molecule has 0 fully saturated rings. The van der Waals surface area contributed by atoms with E-state index in [1.54, 1.807) is 6.20 Å². The molecule has 0 bridgehead atoms. The average Bonchev–Trinajstić information content (AvgIpc) is 2.22. The molecule has 1 aromatic heterocycles. The SMILES string of the molecule is CCC(C(=O)CN=O)c1ccc(I)nc1. The first kappa shape index (κ1) is 12.2. The molecular weight excluding hydrogens is 307 g/mol. The van der Waals surface area contributed by atoms with Crippen LogP contribution in [0, 0.1) is 8.61 Å². The van der Waals surface area contributed by atoms with E-state index in [1.165, 1.54) is 0 Å². The molecule has 0 aliphatic carbocycles. The van der Waals surface area contributed by atoms with E-state index < -0.39 is 0 Å². The van der Waals surface area contributed by atoms with Crippen LogP contribution >= 0.6 is 22.6 Å². The van der Waals surface area contributed by atoms with Crippen LogP contribution in [0.3, 0.4) is 0 Å². The molecular formula is C10H11IN2O2. The number of nitrogens with zero attached hydrogens (tertiary/aromatic N) is 2. The van der Waals surface area contributed by atoms with E-state index in [4.69, 9.17) is 0 Å². The molecule has 0 aliphatic heterocycles. The predicted molar refractivity (Wildman–Crippen MR) is 65.7 cm³/mol. The molecule has 0 amide bonds. The van der Waals surface area contributed by atoms with Crippen LogP contribution in [0.2, 0.25) is 0 Å². The molecule has 1 atom stereocenters. The lowest BCUT2D eigenvalue weighted by Gasteiger charge is -2.11. The van der Waals surface area contributed by atoms with Crippen LogP contribution < -0.4 is 0 Å². The number of pyridine rings is 1. The maximum absolute atomic E-state index is 11.5. The number of carbonyl (C=O) groups excluding carboxylic acids is 1. The number of nitroso groups, excluding NO2 is 1. The van der Waals surface area contributed by atoms with Gasteiger partial charge in [0, 0.05) is 12.1 Å². The highest BCUT2D eigenvalue weighted by Crippen LogP contribution is 2.20. The van der Waals surface area contributed by atoms with E-state index in [0.717, 1.165) is 9.26 Å². The second kappa shape index (κ2) is 5.89. The van der Waals surface area contributed by atoms with E-state index in [9.17, 15) is 9.70 Å². The Labute approximate surface area is 102 Å². The first-order chi connectivity index (χ1) is 7.19. The molecule has 5 heteroatoms. The van der Waals surface area contributed by atoms with Crippen LogP contribution in [0.1, 0.15) is 24.8 Å². The van der Waals surface area contributed by atoms with Crippen LogP contribution in [0.5, 0.6) is 0 Å². The molecule has 0 aromatic carbocycles. The molecule has 0 N–H and O–H groups in total. The summed E-state index contributed by atoms with van der Waals surface area (Å²) in [4.78, 5) is 25.7. The summed E-state index contributed by atoms with van der Waals surface area (Å²) < 4.78 is 0.882. The van der Waals surface area contributed by atoms with Crippen molar-refractivity contribution in [3.05, 3.63) is 32.5 Å². The zero-order valence-electron chi connectivity index (χ0n) is 8.31. The zero-order valence-corrected chi connectivity index (χ0v) is 10.5. The lowest BCUT2D eigenvalue weighted by Crippen LogP contribution is -2.14. The van der Waals surface area contributed by atoms with Gasteiger partial charge >= 0.3 is 0 Å². The highest BCUT2D eigenvalue weighted by Gasteiger charge is 2.18. The van der Waals surface area contributed by atoms with Gasteiger partial charge in [-0.15, -0.1) is 0 Å². The van der Waals surface area contributed by atoms with Crippen molar-refractivity contribution in [2.24, 2.45) is 5.18 Å². The molecule has 1 heterocycles. The van der Waals surface area contributed by atoms with Crippen LogP contribution in [0.15, 0.2) is 23.5 Å². The summed E-state index contributed by atoms with van der Waals surface area (Å²) in [5.41, 5.74) is 0.853. The van der Waals surface area contributed by atoms with Crippen molar-refractivity contribution in [3.63, 3.8) is 0 Å². The molecule has 1 unspecified atom stereocenters. The molecule has 0 radical (unpaired) electrons. The zero-order chi connectivity index (χ0) is 11.3. The largest absolute Gasteiger partial charge is 0.297 e. The van der Waals surface area contributed by atoms with Gasteiger partial charge in [0.15, 0.2) is 5.78 Å². The molecule has 0 spiro atoms. The van der Waals surface area contributed by atoms with Gasteiger partial charge in [0.2, 0.25) is 0 Å². The second-order valence-electron chi connectivity index (χ2n) is 3.13. The summed E-state index contributed by atoms with van der Waals surface area (Å²) in [6.07, 6.45) is 2.34. The molecule has 15 heavy (non-hydrogen) atoms. The van der Waals surface area contributed by atoms with Crippen molar-refractivity contribution in [2.45, 2.75) is 19.3 Å². The molecule has 1 rings (SSSR count). The summed E-state index contributed by atoms with van der Waals surface area (Å²) in [5, 5.41) is 2.63. The third-order valence-corrected chi connectivity index (χ3v) is 2.81. The molecule has 4 nitrogen and oxygen atoms in total. The van der Waals surface area contributed by atoms with Gasteiger partial charge in [-0.2, -0.15) is 4.91 Å². The predicted octanol–water partition coefficient (Wildman–Crippen LogP) is 2.52. The van der Waals surface area contributed by atoms with Gasteiger partial charge in [-0.1, -0.05) is 18.2 Å². The molecule has 1 aromatic rings. The number of halogens is 1. The van der Waals surface area contributed by atoms with Crippen LogP contribution in [-0.2, 0) is 4.79 Å². The number of hydrogen-bond donors (Lipinski definition) is 0. The number of Topliss-reactive ketones (excluding diaryl/α,β-unsaturated/α-hetero) is 1. The van der Waals surface area contributed by atoms with Crippen molar-refractivity contribution in [1.29, 1.82) is 0 Å². The van der Waals surface area contributed by atoms with Gasteiger partial charge in [-0.25, -0.2) is 0 Å². The standard InChI is InChI=1S/C10H11IN2O2/c1-2-8(9(14)6-13-15)7-3-4-10(11)12-5-7/h3-5,8H,2,6H2,1H3. The summed E-state index contributed by atoms with van der Waals surface area (Å²) in [5.74, 6) is -0.400. The molecule has 80 valence electrons. The summed E-state index contributed by atoms with van der Waals surface area (Å²) in [7, 11) is 0. The fraction of sp³-hybridized carbons (Fsp3) is 0.400. The number of carbonyl (C=O) groups is 1. The minimum absolute atomic E-state index is 0.143. The minimum atomic E-state index is -0.259. The van der Waals surface area contributed by atoms with Crippen LogP contribution in [-0.4, -0.2) is 17.3 Å². The monoisotopic (exact) mass is 318 g/mol. The van der Waals surface area contributed by atoms with Gasteiger partial charge in [0.1, 0.15) is 10.2 Å². The Hall–Kier alpha value is -0.850. The van der Waals surface area contributed by atoms with Crippen molar-refractivity contribution in [2.75, 3.05) is 6.54 Å². The van der Waals surface area contributed by atoms with E-state index >= 15 is 0 Å². The molecule has 0 saturated heterocycles. The average molecular weight is 318 g/mol. The van der Waals surface area contributed by atoms with Gasteiger partial charge in [-0.3, -0.25) is 9.78 Å². The molecule has 0 aliphatic rings. The number of rotatable bonds is 5. The van der Waals surface area contributed by atoms with Crippen molar-refractivity contribution in [3.8, 4) is 0 Å². The Morgan fingerprint density at radius 2 is 2.33 bits per heavy atom. The Bertz CT molecular complexity index is 351. The Morgan fingerprint density at radius 3 is 2.80 bits per heavy atom. The quantitative estimate of drug-likeness (QED) is 0.476. The summed E-state index contributed by atoms with van der Waals surface area (Å²) in [6, 6.07) is 3.71. The van der Waals surface area contributed by atoms with Gasteiger partial charge in [0.05, 0.1) is 0 Å². The first-order valence-corrected chi connectivity index (χ1v) is 5.70. The van der Waals surface area contributed by atoms with Gasteiger partial charge < -0.3 is 0 Å². The lowest BCUT2D eigenvalue weighted by molar-refractivity contribution is -0.119. The topological polar surface area (TPSA) is 59.4 Å². The Balaban J connectivity index is 2.87. The molecule has 0 saturated carbocycles. The van der Waals surface area contributed by atoms with Crippen LogP contribution in [0.4, 0.5) is 0 Å². The van der Waals surface area contributed by atoms with Gasteiger partial charge in [-0.05, 0) is 40.6 Å². The highest BCUT2D eigenvalue weighted by atomic mass is 127. The van der Waals surface area contributed by atoms with Crippen molar-refractivity contribution < 1.29 is 4.79 Å². The van der Waals surface area contributed by atoms with E-state index in [2.05, 4.69) is 32.8 Å². The second-order valence-corrected chi connectivity index (χ2v) is 4.23. The van der Waals surface area contributed by atoms with E-state index in [1.807, 2.05) is 19.1 Å². The smallest absolute Gasteiger partial charge is 0.165 e. The van der Waals surface area contributed by atoms with Crippen molar-refractivity contribution >= 4 is 28.4 Å². The van der Waals surface area contributed by atoms with E-state index in [-0.39, 0.29) is 18.2 Å².